The smallest absolute Gasteiger partial charge is 0.220 e. The summed E-state index contributed by atoms with van der Waals surface area (Å²) in [7, 11) is 0. The standard InChI is InChI=1S/C9H15NO/c1-2-7-9(4-3-5-9)6-8(11)10-7/h7H,2-6H2,1H3,(H,10,11). The lowest BCUT2D eigenvalue weighted by atomic mass is 9.63. The van der Waals surface area contributed by atoms with Crippen molar-refractivity contribution in [2.24, 2.45) is 5.41 Å². The van der Waals surface area contributed by atoms with Crippen LogP contribution in [0.15, 0.2) is 0 Å². The van der Waals surface area contributed by atoms with E-state index in [1.807, 2.05) is 0 Å². The highest BCUT2D eigenvalue weighted by Gasteiger charge is 2.49. The zero-order valence-electron chi connectivity index (χ0n) is 7.02. The van der Waals surface area contributed by atoms with Crippen molar-refractivity contribution in [2.75, 3.05) is 0 Å². The summed E-state index contributed by atoms with van der Waals surface area (Å²) in [6, 6.07) is 0.490. The van der Waals surface area contributed by atoms with Crippen LogP contribution in [-0.2, 0) is 4.79 Å². The average Bonchev–Trinajstić information content (AvgIpc) is 2.25. The third-order valence-electron chi connectivity index (χ3n) is 3.34. The van der Waals surface area contributed by atoms with Gasteiger partial charge >= 0.3 is 0 Å². The van der Waals surface area contributed by atoms with Gasteiger partial charge in [0.25, 0.3) is 0 Å². The molecule has 2 fully saturated rings. The molecule has 1 aliphatic heterocycles. The first-order valence-electron chi connectivity index (χ1n) is 4.56. The Bertz CT molecular complexity index is 184. The maximum atomic E-state index is 11.1. The Labute approximate surface area is 67.4 Å². The molecule has 1 unspecified atom stereocenters. The van der Waals surface area contributed by atoms with Crippen LogP contribution in [0.2, 0.25) is 0 Å². The molecule has 0 radical (unpaired) electrons. The van der Waals surface area contributed by atoms with Crippen molar-refractivity contribution >= 4 is 5.91 Å². The summed E-state index contributed by atoms with van der Waals surface area (Å²) in [4.78, 5) is 11.1. The number of amides is 1. The Morgan fingerprint density at radius 2 is 2.36 bits per heavy atom. The molecular weight excluding hydrogens is 138 g/mol. The van der Waals surface area contributed by atoms with Crippen molar-refractivity contribution in [1.82, 2.24) is 5.32 Å². The van der Waals surface area contributed by atoms with Crippen molar-refractivity contribution in [2.45, 2.75) is 45.1 Å². The van der Waals surface area contributed by atoms with E-state index in [9.17, 15) is 4.79 Å². The van der Waals surface area contributed by atoms with Gasteiger partial charge < -0.3 is 5.32 Å². The molecule has 0 aromatic carbocycles. The topological polar surface area (TPSA) is 29.1 Å². The molecule has 2 aliphatic rings. The van der Waals surface area contributed by atoms with Gasteiger partial charge in [0.2, 0.25) is 5.91 Å². The maximum absolute atomic E-state index is 11.1. The zero-order chi connectivity index (χ0) is 7.90. The summed E-state index contributed by atoms with van der Waals surface area (Å²) >= 11 is 0. The molecule has 2 rings (SSSR count). The SMILES string of the molecule is CCC1NC(=O)CC12CCC2. The predicted molar refractivity (Wildman–Crippen MR) is 43.1 cm³/mol. The van der Waals surface area contributed by atoms with E-state index in [1.165, 1.54) is 19.3 Å². The summed E-state index contributed by atoms with van der Waals surface area (Å²) in [5, 5.41) is 3.06. The van der Waals surface area contributed by atoms with Crippen molar-refractivity contribution in [1.29, 1.82) is 0 Å². The van der Waals surface area contributed by atoms with Crippen LogP contribution in [0.3, 0.4) is 0 Å². The fraction of sp³-hybridized carbons (Fsp3) is 0.889. The number of hydrogen-bond acceptors (Lipinski definition) is 1. The van der Waals surface area contributed by atoms with Gasteiger partial charge in [0.1, 0.15) is 0 Å². The molecule has 1 amide bonds. The molecule has 1 saturated heterocycles. The van der Waals surface area contributed by atoms with E-state index in [-0.39, 0.29) is 5.91 Å². The highest BCUT2D eigenvalue weighted by atomic mass is 16.2. The van der Waals surface area contributed by atoms with Gasteiger partial charge in [-0.25, -0.2) is 0 Å². The first-order valence-corrected chi connectivity index (χ1v) is 4.56. The minimum Gasteiger partial charge on any atom is -0.353 e. The van der Waals surface area contributed by atoms with Gasteiger partial charge in [-0.1, -0.05) is 13.3 Å². The third-order valence-corrected chi connectivity index (χ3v) is 3.34. The normalized spacial score (nSPS) is 33.5. The molecule has 1 atom stereocenters. The van der Waals surface area contributed by atoms with Crippen molar-refractivity contribution < 1.29 is 4.79 Å². The maximum Gasteiger partial charge on any atom is 0.220 e. The van der Waals surface area contributed by atoms with Crippen molar-refractivity contribution in [3.8, 4) is 0 Å². The van der Waals surface area contributed by atoms with Gasteiger partial charge in [0, 0.05) is 12.5 Å². The van der Waals surface area contributed by atoms with E-state index in [2.05, 4.69) is 12.2 Å². The molecule has 1 heterocycles. The van der Waals surface area contributed by atoms with Gasteiger partial charge in [-0.15, -0.1) is 0 Å². The van der Waals surface area contributed by atoms with Crippen LogP contribution < -0.4 is 5.32 Å². The van der Waals surface area contributed by atoms with Gasteiger partial charge in [0.05, 0.1) is 0 Å². The first kappa shape index (κ1) is 7.14. The first-order chi connectivity index (χ1) is 5.27. The molecule has 1 saturated carbocycles. The lowest BCUT2D eigenvalue weighted by Crippen LogP contribution is -2.41. The van der Waals surface area contributed by atoms with E-state index in [1.54, 1.807) is 0 Å². The Balaban J connectivity index is 2.13. The predicted octanol–water partition coefficient (Wildman–Crippen LogP) is 1.46. The van der Waals surface area contributed by atoms with Crippen LogP contribution in [0, 0.1) is 5.41 Å². The molecule has 62 valence electrons. The second-order valence-electron chi connectivity index (χ2n) is 3.92. The quantitative estimate of drug-likeness (QED) is 0.607. The summed E-state index contributed by atoms with van der Waals surface area (Å²) in [6.07, 6.45) is 5.76. The number of carbonyl (C=O) groups excluding carboxylic acids is 1. The van der Waals surface area contributed by atoms with Crippen LogP contribution in [0.1, 0.15) is 39.0 Å². The molecule has 1 N–H and O–H groups in total. The lowest BCUT2D eigenvalue weighted by molar-refractivity contribution is -0.120. The Morgan fingerprint density at radius 1 is 1.64 bits per heavy atom. The zero-order valence-corrected chi connectivity index (χ0v) is 7.02. The molecule has 11 heavy (non-hydrogen) atoms. The molecule has 0 aromatic rings. The molecule has 2 heteroatoms. The Kier molecular flexibility index (Phi) is 1.44. The molecular formula is C9H15NO. The van der Waals surface area contributed by atoms with E-state index in [0.717, 1.165) is 12.8 Å². The minimum absolute atomic E-state index is 0.275. The second kappa shape index (κ2) is 2.23. The van der Waals surface area contributed by atoms with E-state index in [4.69, 9.17) is 0 Å². The van der Waals surface area contributed by atoms with Crippen LogP contribution >= 0.6 is 0 Å². The molecule has 2 nitrogen and oxygen atoms in total. The van der Waals surface area contributed by atoms with Crippen LogP contribution in [0.25, 0.3) is 0 Å². The Hall–Kier alpha value is -0.530. The summed E-state index contributed by atoms with van der Waals surface area (Å²) in [6.45, 7) is 2.16. The van der Waals surface area contributed by atoms with Gasteiger partial charge in [-0.2, -0.15) is 0 Å². The summed E-state index contributed by atoms with van der Waals surface area (Å²) in [5.41, 5.74) is 0.395. The van der Waals surface area contributed by atoms with E-state index in [0.29, 0.717) is 11.5 Å². The van der Waals surface area contributed by atoms with E-state index >= 15 is 0 Å². The summed E-state index contributed by atoms with van der Waals surface area (Å²) in [5.74, 6) is 0.275. The number of nitrogens with one attached hydrogen (secondary N) is 1. The summed E-state index contributed by atoms with van der Waals surface area (Å²) < 4.78 is 0. The second-order valence-corrected chi connectivity index (χ2v) is 3.92. The van der Waals surface area contributed by atoms with Crippen LogP contribution in [0.5, 0.6) is 0 Å². The number of carbonyl (C=O) groups is 1. The highest BCUT2D eigenvalue weighted by Crippen LogP contribution is 2.50. The number of hydrogen-bond donors (Lipinski definition) is 1. The monoisotopic (exact) mass is 153 g/mol. The molecule has 0 bridgehead atoms. The molecule has 1 aliphatic carbocycles. The van der Waals surface area contributed by atoms with Crippen molar-refractivity contribution in [3.05, 3.63) is 0 Å². The van der Waals surface area contributed by atoms with Crippen LogP contribution in [0.4, 0.5) is 0 Å². The number of rotatable bonds is 1. The molecule has 1 spiro atoms. The Morgan fingerprint density at radius 3 is 2.73 bits per heavy atom. The lowest BCUT2D eigenvalue weighted by Gasteiger charge is -2.41. The highest BCUT2D eigenvalue weighted by molar-refractivity contribution is 5.80. The van der Waals surface area contributed by atoms with Gasteiger partial charge in [-0.05, 0) is 24.7 Å². The fourth-order valence-electron chi connectivity index (χ4n) is 2.53. The van der Waals surface area contributed by atoms with Crippen LogP contribution in [-0.4, -0.2) is 11.9 Å². The van der Waals surface area contributed by atoms with Gasteiger partial charge in [0.15, 0.2) is 0 Å². The average molecular weight is 153 g/mol. The van der Waals surface area contributed by atoms with Gasteiger partial charge in [-0.3, -0.25) is 4.79 Å². The van der Waals surface area contributed by atoms with Crippen molar-refractivity contribution in [3.63, 3.8) is 0 Å². The molecule has 0 aromatic heterocycles. The van der Waals surface area contributed by atoms with E-state index < -0.39 is 0 Å². The third kappa shape index (κ3) is 0.883. The minimum atomic E-state index is 0.275. The largest absolute Gasteiger partial charge is 0.353 e. The fourth-order valence-corrected chi connectivity index (χ4v) is 2.53.